The molecular formula is C47H33N3O3S. The van der Waals surface area contributed by atoms with Crippen LogP contribution in [0.2, 0.25) is 0 Å². The number of nitrogens with zero attached hydrogens (tertiary/aromatic N) is 3. The van der Waals surface area contributed by atoms with Crippen molar-refractivity contribution in [2.75, 3.05) is 0 Å². The van der Waals surface area contributed by atoms with Crippen LogP contribution in [0.5, 0.6) is 0 Å². The molecule has 0 amide bonds. The Hall–Kier alpha value is -6.70. The molecule has 0 N–H and O–H groups in total. The van der Waals surface area contributed by atoms with Crippen molar-refractivity contribution in [2.24, 2.45) is 0 Å². The second-order valence-electron chi connectivity index (χ2n) is 13.7. The Morgan fingerprint density at radius 1 is 0.500 bits per heavy atom. The van der Waals surface area contributed by atoms with E-state index in [9.17, 15) is 10.1 Å². The second kappa shape index (κ2) is 13.4. The number of aromatic nitrogens is 2. The highest BCUT2D eigenvalue weighted by Crippen LogP contribution is 2.42. The summed E-state index contributed by atoms with van der Waals surface area (Å²) < 4.78 is 8.83. The average molecular weight is 720 g/mol. The van der Waals surface area contributed by atoms with Crippen molar-refractivity contribution in [2.45, 2.75) is 20.8 Å². The summed E-state index contributed by atoms with van der Waals surface area (Å²) >= 11 is 1.63. The van der Waals surface area contributed by atoms with Crippen molar-refractivity contribution < 1.29 is 9.34 Å². The van der Waals surface area contributed by atoms with E-state index in [1.807, 2.05) is 30.4 Å². The first-order valence-corrected chi connectivity index (χ1v) is 18.5. The molecule has 0 saturated heterocycles. The molecule has 3 aromatic heterocycles. The van der Waals surface area contributed by atoms with Crippen LogP contribution in [0, 0.1) is 30.9 Å². The molecule has 4 aromatic carbocycles. The number of hydrogen-bond acceptors (Lipinski definition) is 6. The SMILES string of the molecule is Cc1ccc(-c2c3nc(c(-c4ccc(C)cc4)c4ccc(s4)c(-c4cccc([N+](=O)[O-])c4)c4nc(c(-c5ccc(C)cc5)c5ccc2o5)C=C4)C=C3)cc1. The highest BCUT2D eigenvalue weighted by Gasteiger charge is 2.20. The van der Waals surface area contributed by atoms with E-state index in [0.29, 0.717) is 22.4 Å². The van der Waals surface area contributed by atoms with Crippen LogP contribution in [0.3, 0.4) is 0 Å². The van der Waals surface area contributed by atoms with Crippen molar-refractivity contribution in [3.05, 3.63) is 171 Å². The fourth-order valence-electron chi connectivity index (χ4n) is 7.10. The van der Waals surface area contributed by atoms with E-state index in [1.54, 1.807) is 23.5 Å². The van der Waals surface area contributed by atoms with Crippen LogP contribution in [-0.4, -0.2) is 14.9 Å². The van der Waals surface area contributed by atoms with Gasteiger partial charge in [-0.3, -0.25) is 10.1 Å². The maximum absolute atomic E-state index is 12.0. The number of hydrogen-bond donors (Lipinski definition) is 0. The minimum Gasteiger partial charge on any atom is -0.456 e. The van der Waals surface area contributed by atoms with Gasteiger partial charge in [0.2, 0.25) is 0 Å². The molecule has 2 aliphatic heterocycles. The predicted molar refractivity (Wildman–Crippen MR) is 223 cm³/mol. The van der Waals surface area contributed by atoms with Crippen LogP contribution in [0.15, 0.2) is 126 Å². The maximum Gasteiger partial charge on any atom is 0.270 e. The zero-order valence-corrected chi connectivity index (χ0v) is 30.6. The van der Waals surface area contributed by atoms with E-state index in [-0.39, 0.29) is 10.6 Å². The average Bonchev–Trinajstić information content (AvgIpc) is 4.02. The number of fused-ring (bicyclic) bond motifs is 8. The summed E-state index contributed by atoms with van der Waals surface area (Å²) in [6, 6.07) is 40.4. The lowest BCUT2D eigenvalue weighted by Gasteiger charge is -2.07. The van der Waals surface area contributed by atoms with Gasteiger partial charge in [-0.2, -0.15) is 0 Å². The van der Waals surface area contributed by atoms with Crippen molar-refractivity contribution in [1.29, 1.82) is 0 Å². The number of rotatable bonds is 5. The zero-order valence-electron chi connectivity index (χ0n) is 29.8. The molecule has 8 bridgehead atoms. The van der Waals surface area contributed by atoms with Crippen LogP contribution < -0.4 is 0 Å². The van der Waals surface area contributed by atoms with Crippen LogP contribution >= 0.6 is 11.3 Å². The zero-order chi connectivity index (χ0) is 36.9. The summed E-state index contributed by atoms with van der Waals surface area (Å²) in [5.74, 6) is 0. The van der Waals surface area contributed by atoms with E-state index >= 15 is 0 Å². The highest BCUT2D eigenvalue weighted by atomic mass is 32.1. The van der Waals surface area contributed by atoms with Crippen LogP contribution in [0.25, 0.3) is 89.4 Å². The molecule has 0 fully saturated rings. The summed E-state index contributed by atoms with van der Waals surface area (Å²) in [7, 11) is 0. The van der Waals surface area contributed by atoms with Gasteiger partial charge in [0.05, 0.1) is 38.8 Å². The Balaban J connectivity index is 1.47. The number of furan rings is 1. The molecule has 0 radical (unpaired) electrons. The summed E-state index contributed by atoms with van der Waals surface area (Å²) in [5.41, 5.74) is 15.2. The molecule has 54 heavy (non-hydrogen) atoms. The molecule has 0 spiro atoms. The van der Waals surface area contributed by atoms with Gasteiger partial charge < -0.3 is 4.42 Å². The quantitative estimate of drug-likeness (QED) is 0.131. The van der Waals surface area contributed by atoms with E-state index < -0.39 is 0 Å². The summed E-state index contributed by atoms with van der Waals surface area (Å²) in [6.07, 6.45) is 8.16. The second-order valence-corrected chi connectivity index (χ2v) is 14.7. The Morgan fingerprint density at radius 2 is 0.907 bits per heavy atom. The van der Waals surface area contributed by atoms with E-state index in [0.717, 1.165) is 71.0 Å². The molecule has 5 heterocycles. The number of nitro groups is 1. The van der Waals surface area contributed by atoms with E-state index in [1.165, 1.54) is 17.2 Å². The largest absolute Gasteiger partial charge is 0.456 e. The number of non-ortho nitro benzene ring substituents is 1. The standard InChI is InChI=1S/C47H33N3O3S/c1-28-7-13-31(14-8-28)44-36-19-21-38(48-36)46(33-17-11-30(3)12-18-33)42-25-26-43(54-42)47(34-5-4-6-35(27-34)50(51)52)39-22-20-37(49-39)45(41-24-23-40(44)53-41)32-15-9-29(2)10-16-32/h4-27H,1-3H3. The Morgan fingerprint density at radius 3 is 1.35 bits per heavy atom. The molecule has 0 saturated carbocycles. The fourth-order valence-corrected chi connectivity index (χ4v) is 8.25. The maximum atomic E-state index is 12.0. The van der Waals surface area contributed by atoms with Gasteiger partial charge in [0.1, 0.15) is 11.2 Å². The fraction of sp³-hybridized carbons (Fsp3) is 0.0638. The monoisotopic (exact) mass is 719 g/mol. The van der Waals surface area contributed by atoms with Crippen molar-refractivity contribution in [3.8, 4) is 44.5 Å². The van der Waals surface area contributed by atoms with Crippen molar-refractivity contribution in [3.63, 3.8) is 0 Å². The predicted octanol–water partition coefficient (Wildman–Crippen LogP) is 13.2. The van der Waals surface area contributed by atoms with Gasteiger partial charge in [-0.15, -0.1) is 11.3 Å². The molecule has 6 nitrogen and oxygen atoms in total. The molecule has 260 valence electrons. The van der Waals surface area contributed by atoms with Crippen molar-refractivity contribution in [1.82, 2.24) is 9.97 Å². The van der Waals surface area contributed by atoms with E-state index in [2.05, 4.69) is 118 Å². The van der Waals surface area contributed by atoms with Gasteiger partial charge in [0, 0.05) is 32.7 Å². The molecule has 0 unspecified atom stereocenters. The van der Waals surface area contributed by atoms with Crippen LogP contribution in [-0.2, 0) is 0 Å². The van der Waals surface area contributed by atoms with Crippen molar-refractivity contribution >= 4 is 61.9 Å². The first-order chi connectivity index (χ1) is 26.3. The third kappa shape index (κ3) is 6.04. The van der Waals surface area contributed by atoms with Gasteiger partial charge in [-0.25, -0.2) is 9.97 Å². The lowest BCUT2D eigenvalue weighted by atomic mass is 10.0. The van der Waals surface area contributed by atoms with Gasteiger partial charge >= 0.3 is 0 Å². The number of thiophene rings is 1. The number of benzene rings is 4. The normalized spacial score (nSPS) is 12.0. The van der Waals surface area contributed by atoms with Gasteiger partial charge in [-0.1, -0.05) is 102 Å². The van der Waals surface area contributed by atoms with Crippen LogP contribution in [0.4, 0.5) is 5.69 Å². The van der Waals surface area contributed by atoms with Gasteiger partial charge in [-0.05, 0) is 91.6 Å². The molecule has 2 aliphatic rings. The Labute approximate surface area is 316 Å². The molecule has 7 aromatic rings. The Kier molecular flexibility index (Phi) is 8.21. The Bertz CT molecular complexity index is 2820. The minimum atomic E-state index is -0.356. The molecule has 9 rings (SSSR count). The summed E-state index contributed by atoms with van der Waals surface area (Å²) in [4.78, 5) is 22.2. The summed E-state index contributed by atoms with van der Waals surface area (Å²) in [6.45, 7) is 6.24. The molecule has 7 heteroatoms. The smallest absolute Gasteiger partial charge is 0.270 e. The first-order valence-electron chi connectivity index (χ1n) is 17.7. The molecule has 0 aliphatic carbocycles. The van der Waals surface area contributed by atoms with E-state index in [4.69, 9.17) is 14.4 Å². The lowest BCUT2D eigenvalue weighted by molar-refractivity contribution is -0.384. The van der Waals surface area contributed by atoms with Crippen LogP contribution in [0.1, 0.15) is 39.5 Å². The first kappa shape index (κ1) is 33.2. The number of aryl methyl sites for hydroxylation is 3. The lowest BCUT2D eigenvalue weighted by Crippen LogP contribution is -1.90. The van der Waals surface area contributed by atoms with Gasteiger partial charge in [0.25, 0.3) is 5.69 Å². The summed E-state index contributed by atoms with van der Waals surface area (Å²) in [5, 5.41) is 12.0. The minimum absolute atomic E-state index is 0.0202. The third-order valence-electron chi connectivity index (χ3n) is 9.87. The third-order valence-corrected chi connectivity index (χ3v) is 11.0. The topological polar surface area (TPSA) is 82.1 Å². The molecular weight excluding hydrogens is 687 g/mol. The highest BCUT2D eigenvalue weighted by molar-refractivity contribution is 7.24. The van der Waals surface area contributed by atoms with Gasteiger partial charge in [0.15, 0.2) is 0 Å². The molecule has 0 atom stereocenters. The number of nitro benzene ring substituents is 1.